The lowest BCUT2D eigenvalue weighted by atomic mass is 10.2. The van der Waals surface area contributed by atoms with Crippen LogP contribution in [0, 0.1) is 0 Å². The maximum absolute atomic E-state index is 11.4. The molecule has 4 heteroatoms. The van der Waals surface area contributed by atoms with Gasteiger partial charge in [0.05, 0.1) is 0 Å². The van der Waals surface area contributed by atoms with Gasteiger partial charge in [0.25, 0.3) is 0 Å². The first-order chi connectivity index (χ1) is 8.16. The Kier molecular flexibility index (Phi) is 11.4. The molecule has 0 saturated carbocycles. The van der Waals surface area contributed by atoms with Gasteiger partial charge in [0, 0.05) is 25.6 Å². The molecular formula is C13H29N3O. The van der Waals surface area contributed by atoms with Crippen molar-refractivity contribution in [3.8, 4) is 0 Å². The number of hydrogen-bond donors (Lipinski definition) is 3. The van der Waals surface area contributed by atoms with Crippen LogP contribution >= 0.6 is 0 Å². The van der Waals surface area contributed by atoms with Crippen LogP contribution in [0.5, 0.6) is 0 Å². The minimum Gasteiger partial charge on any atom is -0.355 e. The zero-order valence-corrected chi connectivity index (χ0v) is 11.6. The molecule has 0 fully saturated rings. The van der Waals surface area contributed by atoms with Crippen LogP contribution in [0.3, 0.4) is 0 Å². The van der Waals surface area contributed by atoms with Gasteiger partial charge in [0.1, 0.15) is 0 Å². The summed E-state index contributed by atoms with van der Waals surface area (Å²) < 4.78 is 0. The Labute approximate surface area is 106 Å². The first-order valence-corrected chi connectivity index (χ1v) is 6.87. The summed E-state index contributed by atoms with van der Waals surface area (Å²) in [5.41, 5.74) is 0. The van der Waals surface area contributed by atoms with Gasteiger partial charge in [-0.2, -0.15) is 0 Å². The number of hydrogen-bond acceptors (Lipinski definition) is 3. The smallest absolute Gasteiger partial charge is 0.220 e. The van der Waals surface area contributed by atoms with Gasteiger partial charge in [0.15, 0.2) is 0 Å². The van der Waals surface area contributed by atoms with Crippen LogP contribution in [-0.2, 0) is 4.79 Å². The number of unbranched alkanes of at least 4 members (excludes halogenated alkanes) is 2. The van der Waals surface area contributed by atoms with Crippen molar-refractivity contribution in [2.45, 2.75) is 52.5 Å². The van der Waals surface area contributed by atoms with E-state index in [1.807, 2.05) is 0 Å². The molecule has 3 N–H and O–H groups in total. The fraction of sp³-hybridized carbons (Fsp3) is 0.923. The summed E-state index contributed by atoms with van der Waals surface area (Å²) in [6, 6.07) is 0.560. The highest BCUT2D eigenvalue weighted by molar-refractivity contribution is 5.75. The molecule has 0 spiro atoms. The Hall–Kier alpha value is -0.610. The van der Waals surface area contributed by atoms with E-state index in [2.05, 4.69) is 36.7 Å². The lowest BCUT2D eigenvalue weighted by molar-refractivity contribution is -0.121. The van der Waals surface area contributed by atoms with E-state index < -0.39 is 0 Å². The predicted octanol–water partition coefficient (Wildman–Crippen LogP) is 1.27. The van der Waals surface area contributed by atoms with Gasteiger partial charge >= 0.3 is 0 Å². The molecule has 0 aromatic carbocycles. The highest BCUT2D eigenvalue weighted by atomic mass is 16.1. The van der Waals surface area contributed by atoms with Gasteiger partial charge in [-0.25, -0.2) is 0 Å². The lowest BCUT2D eigenvalue weighted by Gasteiger charge is -2.08. The van der Waals surface area contributed by atoms with Crippen LogP contribution in [0.4, 0.5) is 0 Å². The van der Waals surface area contributed by atoms with Crippen molar-refractivity contribution in [1.82, 2.24) is 16.0 Å². The van der Waals surface area contributed by atoms with Crippen molar-refractivity contribution < 1.29 is 4.79 Å². The average molecular weight is 243 g/mol. The van der Waals surface area contributed by atoms with E-state index in [0.29, 0.717) is 12.5 Å². The number of amides is 1. The van der Waals surface area contributed by atoms with Gasteiger partial charge < -0.3 is 16.0 Å². The van der Waals surface area contributed by atoms with Gasteiger partial charge in [-0.05, 0) is 25.9 Å². The Bertz CT molecular complexity index is 184. The highest BCUT2D eigenvalue weighted by Gasteiger charge is 2.00. The molecule has 0 saturated heterocycles. The van der Waals surface area contributed by atoms with Crippen molar-refractivity contribution in [2.24, 2.45) is 0 Å². The molecule has 17 heavy (non-hydrogen) atoms. The first-order valence-electron chi connectivity index (χ1n) is 6.87. The molecule has 0 aromatic rings. The van der Waals surface area contributed by atoms with Crippen molar-refractivity contribution >= 4 is 5.91 Å². The van der Waals surface area contributed by atoms with Crippen molar-refractivity contribution in [1.29, 1.82) is 0 Å². The second-order valence-corrected chi connectivity index (χ2v) is 4.62. The molecule has 1 amide bonds. The Morgan fingerprint density at radius 2 is 1.82 bits per heavy atom. The number of nitrogens with one attached hydrogen (secondary N) is 3. The second kappa shape index (κ2) is 11.9. The average Bonchev–Trinajstić information content (AvgIpc) is 2.29. The van der Waals surface area contributed by atoms with Gasteiger partial charge in [-0.15, -0.1) is 0 Å². The van der Waals surface area contributed by atoms with Crippen LogP contribution in [0.2, 0.25) is 0 Å². The largest absolute Gasteiger partial charge is 0.355 e. The van der Waals surface area contributed by atoms with E-state index in [1.165, 1.54) is 0 Å². The third kappa shape index (κ3) is 13.3. The molecule has 4 nitrogen and oxygen atoms in total. The summed E-state index contributed by atoms with van der Waals surface area (Å²) in [4.78, 5) is 11.4. The summed E-state index contributed by atoms with van der Waals surface area (Å²) in [6.07, 6.45) is 3.93. The monoisotopic (exact) mass is 243 g/mol. The topological polar surface area (TPSA) is 53.2 Å². The van der Waals surface area contributed by atoms with Crippen LogP contribution in [0.15, 0.2) is 0 Å². The molecule has 0 aromatic heterocycles. The fourth-order valence-electron chi connectivity index (χ4n) is 1.53. The number of carbonyl (C=O) groups excluding carboxylic acids is 1. The van der Waals surface area contributed by atoms with E-state index in [4.69, 9.17) is 0 Å². The summed E-state index contributed by atoms with van der Waals surface area (Å²) in [7, 11) is 0. The van der Waals surface area contributed by atoms with E-state index in [9.17, 15) is 4.79 Å². The maximum Gasteiger partial charge on any atom is 0.220 e. The highest BCUT2D eigenvalue weighted by Crippen LogP contribution is 1.98. The first kappa shape index (κ1) is 16.4. The van der Waals surface area contributed by atoms with Gasteiger partial charge in [0.2, 0.25) is 5.91 Å². The maximum atomic E-state index is 11.4. The van der Waals surface area contributed by atoms with Crippen molar-refractivity contribution in [3.05, 3.63) is 0 Å². The third-order valence-corrected chi connectivity index (χ3v) is 2.51. The summed E-state index contributed by atoms with van der Waals surface area (Å²) in [6.45, 7) is 9.98. The molecule has 0 aliphatic carbocycles. The van der Waals surface area contributed by atoms with E-state index >= 15 is 0 Å². The summed E-state index contributed by atoms with van der Waals surface area (Å²) in [5, 5.41) is 9.46. The molecule has 102 valence electrons. The molecule has 0 rings (SSSR count). The number of carbonyl (C=O) groups is 1. The Balaban J connectivity index is 3.16. The van der Waals surface area contributed by atoms with Crippen LogP contribution in [0.1, 0.15) is 46.5 Å². The zero-order valence-electron chi connectivity index (χ0n) is 11.6. The molecule has 0 bridgehead atoms. The molecule has 0 heterocycles. The number of rotatable bonds is 11. The van der Waals surface area contributed by atoms with Crippen LogP contribution in [0.25, 0.3) is 0 Å². The van der Waals surface area contributed by atoms with Crippen molar-refractivity contribution in [3.63, 3.8) is 0 Å². The Morgan fingerprint density at radius 1 is 1.06 bits per heavy atom. The van der Waals surface area contributed by atoms with Crippen molar-refractivity contribution in [2.75, 3.05) is 26.2 Å². The second-order valence-electron chi connectivity index (χ2n) is 4.62. The lowest BCUT2D eigenvalue weighted by Crippen LogP contribution is -2.31. The van der Waals surface area contributed by atoms with E-state index in [-0.39, 0.29) is 5.91 Å². The summed E-state index contributed by atoms with van der Waals surface area (Å²) >= 11 is 0. The molecule has 0 aliphatic heterocycles. The molecule has 0 unspecified atom stereocenters. The van der Waals surface area contributed by atoms with Gasteiger partial charge in [-0.1, -0.05) is 27.2 Å². The molecular weight excluding hydrogens is 214 g/mol. The fourth-order valence-corrected chi connectivity index (χ4v) is 1.53. The van der Waals surface area contributed by atoms with Crippen LogP contribution in [-0.4, -0.2) is 38.1 Å². The van der Waals surface area contributed by atoms with E-state index in [0.717, 1.165) is 45.4 Å². The normalized spacial score (nSPS) is 10.8. The molecule has 0 aliphatic rings. The standard InChI is InChI=1S/C13H29N3O/c1-4-14-10-11-16-13(17)8-6-5-7-9-15-12(2)3/h12,14-15H,4-11H2,1-3H3,(H,16,17). The predicted molar refractivity (Wildman–Crippen MR) is 73.2 cm³/mol. The van der Waals surface area contributed by atoms with Crippen LogP contribution < -0.4 is 16.0 Å². The quantitative estimate of drug-likeness (QED) is 0.479. The van der Waals surface area contributed by atoms with Gasteiger partial charge in [-0.3, -0.25) is 4.79 Å². The van der Waals surface area contributed by atoms with E-state index in [1.54, 1.807) is 0 Å². The SMILES string of the molecule is CCNCCNC(=O)CCCCCNC(C)C. The summed E-state index contributed by atoms with van der Waals surface area (Å²) in [5.74, 6) is 0.180. The zero-order chi connectivity index (χ0) is 12.9. The minimum atomic E-state index is 0.180. The minimum absolute atomic E-state index is 0.180. The Morgan fingerprint density at radius 3 is 2.47 bits per heavy atom. The number of likely N-dealkylation sites (N-methyl/N-ethyl adjacent to an activating group) is 1. The molecule has 0 atom stereocenters. The molecule has 0 radical (unpaired) electrons. The third-order valence-electron chi connectivity index (χ3n) is 2.51.